The maximum absolute atomic E-state index is 12.6. The standard InChI is InChI=1S/C17H16ClNO3/c1-11(17(21)19-2)22-15-9-8-13(18)10-14(15)16(20)12-6-4-3-5-7-12/h3-11H,1-2H3,(H,19,21)/t11-/m1/s1. The molecule has 2 aromatic carbocycles. The van der Waals surface area contributed by atoms with Gasteiger partial charge in [-0.3, -0.25) is 9.59 Å². The summed E-state index contributed by atoms with van der Waals surface area (Å²) in [6.07, 6.45) is -0.714. The molecule has 0 saturated carbocycles. The van der Waals surface area contributed by atoms with Gasteiger partial charge in [-0.2, -0.15) is 0 Å². The zero-order chi connectivity index (χ0) is 16.1. The summed E-state index contributed by atoms with van der Waals surface area (Å²) in [7, 11) is 1.53. The number of hydrogen-bond acceptors (Lipinski definition) is 3. The highest BCUT2D eigenvalue weighted by Gasteiger charge is 2.19. The largest absolute Gasteiger partial charge is 0.480 e. The van der Waals surface area contributed by atoms with E-state index in [4.69, 9.17) is 16.3 Å². The summed E-state index contributed by atoms with van der Waals surface area (Å²) in [4.78, 5) is 24.2. The number of likely N-dealkylation sites (N-methyl/N-ethyl adjacent to an activating group) is 1. The molecule has 1 amide bonds. The number of ketones is 1. The van der Waals surface area contributed by atoms with Crippen LogP contribution in [-0.4, -0.2) is 24.8 Å². The van der Waals surface area contributed by atoms with Crippen molar-refractivity contribution in [2.75, 3.05) is 7.05 Å². The lowest BCUT2D eigenvalue weighted by atomic mass is 10.0. The first-order valence-corrected chi connectivity index (χ1v) is 7.18. The molecule has 0 heterocycles. The maximum Gasteiger partial charge on any atom is 0.260 e. The van der Waals surface area contributed by atoms with Gasteiger partial charge in [0.15, 0.2) is 11.9 Å². The first kappa shape index (κ1) is 16.0. The fraction of sp³-hybridized carbons (Fsp3) is 0.176. The van der Waals surface area contributed by atoms with Crippen molar-refractivity contribution in [3.8, 4) is 5.75 Å². The van der Waals surface area contributed by atoms with Gasteiger partial charge in [0, 0.05) is 17.6 Å². The summed E-state index contributed by atoms with van der Waals surface area (Å²) in [6, 6.07) is 13.6. The monoisotopic (exact) mass is 317 g/mol. The van der Waals surface area contributed by atoms with E-state index in [1.807, 2.05) is 6.07 Å². The van der Waals surface area contributed by atoms with Gasteiger partial charge in [0.2, 0.25) is 0 Å². The Kier molecular flexibility index (Phi) is 5.17. The fourth-order valence-electron chi connectivity index (χ4n) is 1.97. The van der Waals surface area contributed by atoms with Crippen molar-refractivity contribution in [1.82, 2.24) is 5.32 Å². The van der Waals surface area contributed by atoms with Crippen LogP contribution in [-0.2, 0) is 4.79 Å². The molecule has 1 N–H and O–H groups in total. The Hall–Kier alpha value is -2.33. The Morgan fingerprint density at radius 3 is 2.45 bits per heavy atom. The predicted octanol–water partition coefficient (Wildman–Crippen LogP) is 3.08. The lowest BCUT2D eigenvalue weighted by molar-refractivity contribution is -0.126. The molecule has 2 rings (SSSR count). The highest BCUT2D eigenvalue weighted by molar-refractivity contribution is 6.31. The Balaban J connectivity index is 2.36. The van der Waals surface area contributed by atoms with Gasteiger partial charge in [-0.15, -0.1) is 0 Å². The number of halogens is 1. The van der Waals surface area contributed by atoms with Crippen LogP contribution in [0.3, 0.4) is 0 Å². The summed E-state index contributed by atoms with van der Waals surface area (Å²) in [5.74, 6) is -0.149. The summed E-state index contributed by atoms with van der Waals surface area (Å²) >= 11 is 5.99. The van der Waals surface area contributed by atoms with E-state index >= 15 is 0 Å². The second-order valence-electron chi connectivity index (χ2n) is 4.71. The number of benzene rings is 2. The van der Waals surface area contributed by atoms with Crippen molar-refractivity contribution in [1.29, 1.82) is 0 Å². The second kappa shape index (κ2) is 7.09. The smallest absolute Gasteiger partial charge is 0.260 e. The molecule has 5 heteroatoms. The Bertz CT molecular complexity index is 686. The summed E-state index contributed by atoms with van der Waals surface area (Å²) in [5, 5.41) is 2.93. The number of amides is 1. The SMILES string of the molecule is CNC(=O)[C@@H](C)Oc1ccc(Cl)cc1C(=O)c1ccccc1. The van der Waals surface area contributed by atoms with Gasteiger partial charge in [-0.1, -0.05) is 41.9 Å². The van der Waals surface area contributed by atoms with E-state index < -0.39 is 6.10 Å². The number of carbonyl (C=O) groups excluding carboxylic acids is 2. The van der Waals surface area contributed by atoms with E-state index in [2.05, 4.69) is 5.32 Å². The number of ether oxygens (including phenoxy) is 1. The van der Waals surface area contributed by atoms with Gasteiger partial charge >= 0.3 is 0 Å². The topological polar surface area (TPSA) is 55.4 Å². The Morgan fingerprint density at radius 2 is 1.82 bits per heavy atom. The molecular weight excluding hydrogens is 302 g/mol. The van der Waals surface area contributed by atoms with Crippen molar-refractivity contribution < 1.29 is 14.3 Å². The predicted molar refractivity (Wildman–Crippen MR) is 85.5 cm³/mol. The molecule has 4 nitrogen and oxygen atoms in total. The molecule has 0 saturated heterocycles. The van der Waals surface area contributed by atoms with Gasteiger partial charge in [0.05, 0.1) is 5.56 Å². The van der Waals surface area contributed by atoms with E-state index in [9.17, 15) is 9.59 Å². The maximum atomic E-state index is 12.6. The highest BCUT2D eigenvalue weighted by atomic mass is 35.5. The van der Waals surface area contributed by atoms with Gasteiger partial charge in [0.25, 0.3) is 5.91 Å². The van der Waals surface area contributed by atoms with Crippen molar-refractivity contribution in [2.24, 2.45) is 0 Å². The quantitative estimate of drug-likeness (QED) is 0.862. The van der Waals surface area contributed by atoms with Crippen LogP contribution in [0.4, 0.5) is 0 Å². The van der Waals surface area contributed by atoms with Gasteiger partial charge in [-0.05, 0) is 25.1 Å². The second-order valence-corrected chi connectivity index (χ2v) is 5.15. The first-order valence-electron chi connectivity index (χ1n) is 6.80. The molecule has 0 aromatic heterocycles. The van der Waals surface area contributed by atoms with Crippen molar-refractivity contribution in [3.05, 3.63) is 64.7 Å². The lowest BCUT2D eigenvalue weighted by Crippen LogP contribution is -2.34. The van der Waals surface area contributed by atoms with E-state index in [0.29, 0.717) is 21.9 Å². The average Bonchev–Trinajstić information content (AvgIpc) is 2.55. The van der Waals surface area contributed by atoms with Crippen molar-refractivity contribution in [2.45, 2.75) is 13.0 Å². The molecule has 0 aliphatic rings. The molecule has 0 aliphatic carbocycles. The molecule has 22 heavy (non-hydrogen) atoms. The van der Waals surface area contributed by atoms with Crippen LogP contribution in [0.15, 0.2) is 48.5 Å². The van der Waals surface area contributed by atoms with Crippen molar-refractivity contribution in [3.63, 3.8) is 0 Å². The third kappa shape index (κ3) is 3.65. The number of hydrogen-bond donors (Lipinski definition) is 1. The molecular formula is C17H16ClNO3. The van der Waals surface area contributed by atoms with E-state index in [0.717, 1.165) is 0 Å². The van der Waals surface area contributed by atoms with Crippen LogP contribution >= 0.6 is 11.6 Å². The van der Waals surface area contributed by atoms with Crippen LogP contribution in [0.5, 0.6) is 5.75 Å². The molecule has 0 fully saturated rings. The van der Waals surface area contributed by atoms with E-state index in [1.54, 1.807) is 49.4 Å². The van der Waals surface area contributed by atoms with Crippen LogP contribution in [0.1, 0.15) is 22.8 Å². The van der Waals surface area contributed by atoms with Gasteiger partial charge in [0.1, 0.15) is 5.75 Å². The van der Waals surface area contributed by atoms with Crippen LogP contribution in [0.2, 0.25) is 5.02 Å². The zero-order valence-corrected chi connectivity index (χ0v) is 13.1. The van der Waals surface area contributed by atoms with Crippen molar-refractivity contribution >= 4 is 23.3 Å². The minimum absolute atomic E-state index is 0.206. The summed E-state index contributed by atoms with van der Waals surface area (Å²) in [6.45, 7) is 1.62. The molecule has 0 spiro atoms. The fourth-order valence-corrected chi connectivity index (χ4v) is 2.15. The van der Waals surface area contributed by atoms with Crippen LogP contribution in [0, 0.1) is 0 Å². The Morgan fingerprint density at radius 1 is 1.14 bits per heavy atom. The van der Waals surface area contributed by atoms with Gasteiger partial charge in [-0.25, -0.2) is 0 Å². The molecule has 1 atom stereocenters. The minimum atomic E-state index is -0.714. The molecule has 0 bridgehead atoms. The molecule has 0 aliphatic heterocycles. The number of nitrogens with one attached hydrogen (secondary N) is 1. The third-order valence-electron chi connectivity index (χ3n) is 3.14. The number of carbonyl (C=O) groups is 2. The van der Waals surface area contributed by atoms with Crippen LogP contribution < -0.4 is 10.1 Å². The van der Waals surface area contributed by atoms with E-state index in [1.165, 1.54) is 7.05 Å². The van der Waals surface area contributed by atoms with Crippen LogP contribution in [0.25, 0.3) is 0 Å². The van der Waals surface area contributed by atoms with Gasteiger partial charge < -0.3 is 10.1 Å². The highest BCUT2D eigenvalue weighted by Crippen LogP contribution is 2.26. The third-order valence-corrected chi connectivity index (χ3v) is 3.38. The summed E-state index contributed by atoms with van der Waals surface area (Å²) in [5.41, 5.74) is 0.858. The molecule has 2 aromatic rings. The molecule has 0 radical (unpaired) electrons. The Labute approximate surface area is 134 Å². The molecule has 0 unspecified atom stereocenters. The minimum Gasteiger partial charge on any atom is -0.480 e. The lowest BCUT2D eigenvalue weighted by Gasteiger charge is -2.16. The first-order chi connectivity index (χ1) is 10.5. The zero-order valence-electron chi connectivity index (χ0n) is 12.3. The van der Waals surface area contributed by atoms with E-state index in [-0.39, 0.29) is 11.7 Å². The number of rotatable bonds is 5. The summed E-state index contributed by atoms with van der Waals surface area (Å²) < 4.78 is 5.60. The molecule has 114 valence electrons. The average molecular weight is 318 g/mol. The normalized spacial score (nSPS) is 11.6.